The van der Waals surface area contributed by atoms with Crippen molar-refractivity contribution in [1.29, 1.82) is 0 Å². The lowest BCUT2D eigenvalue weighted by molar-refractivity contribution is -0.131. The number of carbonyl (C=O) groups is 1. The second kappa shape index (κ2) is 4.48. The second-order valence-corrected chi connectivity index (χ2v) is 4.10. The predicted octanol–water partition coefficient (Wildman–Crippen LogP) is -0.193. The summed E-state index contributed by atoms with van der Waals surface area (Å²) in [6.07, 6.45) is 1.20. The van der Waals surface area contributed by atoms with Crippen molar-refractivity contribution in [2.45, 2.75) is 38.3 Å². The lowest BCUT2D eigenvalue weighted by atomic mass is 10.0. The molecule has 1 fully saturated rings. The zero-order valence-electron chi connectivity index (χ0n) is 8.99. The smallest absolute Gasteiger partial charge is 0.249 e. The first-order valence-corrected chi connectivity index (χ1v) is 4.89. The van der Waals surface area contributed by atoms with Crippen molar-refractivity contribution in [3.63, 3.8) is 0 Å². The van der Waals surface area contributed by atoms with Crippen LogP contribution in [0.2, 0.25) is 0 Å². The van der Waals surface area contributed by atoms with Gasteiger partial charge in [-0.15, -0.1) is 0 Å². The molecule has 0 bridgehead atoms. The van der Waals surface area contributed by atoms with Crippen LogP contribution in [0.4, 0.5) is 0 Å². The fourth-order valence-corrected chi connectivity index (χ4v) is 1.36. The molecule has 1 saturated heterocycles. The van der Waals surface area contributed by atoms with Crippen molar-refractivity contribution < 1.29 is 14.7 Å². The lowest BCUT2D eigenvalue weighted by Gasteiger charge is -2.25. The normalized spacial score (nSPS) is 22.8. The van der Waals surface area contributed by atoms with Gasteiger partial charge in [0.15, 0.2) is 5.84 Å². The highest BCUT2D eigenvalue weighted by atomic mass is 16.5. The first kappa shape index (κ1) is 11.8. The number of hydrogen-bond donors (Lipinski definition) is 3. The molecule has 1 aliphatic heterocycles. The summed E-state index contributed by atoms with van der Waals surface area (Å²) in [5.41, 5.74) is 4.58. The van der Waals surface area contributed by atoms with Gasteiger partial charge in [-0.25, -0.2) is 0 Å². The number of nitrogens with one attached hydrogen (secondary N) is 1. The third kappa shape index (κ3) is 2.82. The Kier molecular flexibility index (Phi) is 3.52. The molecular weight excluding hydrogens is 198 g/mol. The number of carbonyl (C=O) groups excluding carboxylic acids is 1. The quantitative estimate of drug-likeness (QED) is 0.263. The molecule has 0 aromatic heterocycles. The van der Waals surface area contributed by atoms with Crippen LogP contribution in [0.5, 0.6) is 0 Å². The topological polar surface area (TPSA) is 96.9 Å². The number of hydrogen-bond acceptors (Lipinski definition) is 4. The van der Waals surface area contributed by atoms with Gasteiger partial charge in [0, 0.05) is 6.61 Å². The summed E-state index contributed by atoms with van der Waals surface area (Å²) in [6.45, 7) is 3.94. The van der Waals surface area contributed by atoms with Crippen molar-refractivity contribution >= 4 is 11.7 Å². The Morgan fingerprint density at radius 2 is 2.33 bits per heavy atom. The molecule has 0 aliphatic carbocycles. The largest absolute Gasteiger partial charge is 0.409 e. The van der Waals surface area contributed by atoms with Crippen LogP contribution in [0, 0.1) is 0 Å². The standard InChI is InChI=1S/C9H17N3O3/c1-9(2,8(10)12-14)11-7(13)6-4-3-5-15-6/h6,14H,3-5H2,1-2H3,(H2,10,12)(H,11,13). The molecule has 0 aromatic carbocycles. The second-order valence-electron chi connectivity index (χ2n) is 4.10. The highest BCUT2D eigenvalue weighted by molar-refractivity contribution is 5.94. The number of nitrogens with zero attached hydrogens (tertiary/aromatic N) is 1. The third-order valence-corrected chi connectivity index (χ3v) is 2.41. The van der Waals surface area contributed by atoms with Gasteiger partial charge in [-0.1, -0.05) is 5.16 Å². The van der Waals surface area contributed by atoms with E-state index in [4.69, 9.17) is 15.7 Å². The number of ether oxygens (including phenoxy) is 1. The molecule has 0 saturated carbocycles. The van der Waals surface area contributed by atoms with E-state index in [1.54, 1.807) is 13.8 Å². The minimum absolute atomic E-state index is 0.0335. The van der Waals surface area contributed by atoms with Crippen LogP contribution in [-0.2, 0) is 9.53 Å². The fraction of sp³-hybridized carbons (Fsp3) is 0.778. The minimum Gasteiger partial charge on any atom is -0.409 e. The average Bonchev–Trinajstić information content (AvgIpc) is 2.68. The average molecular weight is 215 g/mol. The lowest BCUT2D eigenvalue weighted by Crippen LogP contribution is -2.55. The maximum absolute atomic E-state index is 11.7. The molecule has 0 spiro atoms. The predicted molar refractivity (Wildman–Crippen MR) is 54.6 cm³/mol. The maximum Gasteiger partial charge on any atom is 0.249 e. The van der Waals surface area contributed by atoms with Gasteiger partial charge in [-0.3, -0.25) is 4.79 Å². The van der Waals surface area contributed by atoms with E-state index in [0.29, 0.717) is 6.61 Å². The van der Waals surface area contributed by atoms with Gasteiger partial charge in [0.05, 0.1) is 5.54 Å². The molecular formula is C9H17N3O3. The summed E-state index contributed by atoms with van der Waals surface area (Å²) < 4.78 is 5.22. The van der Waals surface area contributed by atoms with Crippen LogP contribution < -0.4 is 11.1 Å². The monoisotopic (exact) mass is 215 g/mol. The van der Waals surface area contributed by atoms with E-state index < -0.39 is 11.6 Å². The zero-order valence-corrected chi connectivity index (χ0v) is 8.99. The Morgan fingerprint density at radius 3 is 2.80 bits per heavy atom. The summed E-state index contributed by atoms with van der Waals surface area (Å²) >= 11 is 0. The molecule has 0 radical (unpaired) electrons. The molecule has 4 N–H and O–H groups in total. The number of rotatable bonds is 3. The Bertz CT molecular complexity index is 270. The van der Waals surface area contributed by atoms with E-state index in [0.717, 1.165) is 12.8 Å². The van der Waals surface area contributed by atoms with Crippen molar-refractivity contribution in [3.05, 3.63) is 0 Å². The number of nitrogens with two attached hydrogens (primary N) is 1. The molecule has 6 heteroatoms. The summed E-state index contributed by atoms with van der Waals surface area (Å²) in [6, 6.07) is 0. The van der Waals surface area contributed by atoms with E-state index in [1.807, 2.05) is 0 Å². The summed E-state index contributed by atoms with van der Waals surface area (Å²) in [7, 11) is 0. The van der Waals surface area contributed by atoms with Gasteiger partial charge in [0.25, 0.3) is 0 Å². The van der Waals surface area contributed by atoms with Gasteiger partial charge < -0.3 is 21.0 Å². The summed E-state index contributed by atoms with van der Waals surface area (Å²) in [5, 5.41) is 14.1. The SMILES string of the molecule is CC(C)(NC(=O)C1CCCO1)/C(N)=N/O. The van der Waals surface area contributed by atoms with E-state index in [1.165, 1.54) is 0 Å². The van der Waals surface area contributed by atoms with Crippen LogP contribution in [0.3, 0.4) is 0 Å². The molecule has 1 heterocycles. The van der Waals surface area contributed by atoms with Crippen LogP contribution in [-0.4, -0.2) is 35.2 Å². The maximum atomic E-state index is 11.7. The van der Waals surface area contributed by atoms with E-state index >= 15 is 0 Å². The highest BCUT2D eigenvalue weighted by Crippen LogP contribution is 2.13. The van der Waals surface area contributed by atoms with Gasteiger partial charge in [0.1, 0.15) is 6.10 Å². The molecule has 6 nitrogen and oxygen atoms in total. The first-order valence-electron chi connectivity index (χ1n) is 4.89. The van der Waals surface area contributed by atoms with Gasteiger partial charge in [-0.05, 0) is 26.7 Å². The molecule has 86 valence electrons. The van der Waals surface area contributed by atoms with Crippen molar-refractivity contribution in [2.75, 3.05) is 6.61 Å². The van der Waals surface area contributed by atoms with Crippen molar-refractivity contribution in [1.82, 2.24) is 5.32 Å². The van der Waals surface area contributed by atoms with Crippen LogP contribution in [0.25, 0.3) is 0 Å². The van der Waals surface area contributed by atoms with Crippen LogP contribution in [0.1, 0.15) is 26.7 Å². The van der Waals surface area contributed by atoms with Gasteiger partial charge in [0.2, 0.25) is 5.91 Å². The third-order valence-electron chi connectivity index (χ3n) is 2.41. The van der Waals surface area contributed by atoms with Gasteiger partial charge >= 0.3 is 0 Å². The number of amidine groups is 1. The Morgan fingerprint density at radius 1 is 1.67 bits per heavy atom. The molecule has 1 aliphatic rings. The summed E-state index contributed by atoms with van der Waals surface area (Å²) in [4.78, 5) is 11.7. The molecule has 1 rings (SSSR count). The van der Waals surface area contributed by atoms with Crippen LogP contribution >= 0.6 is 0 Å². The van der Waals surface area contributed by atoms with Crippen molar-refractivity contribution in [3.8, 4) is 0 Å². The minimum atomic E-state index is -0.863. The van der Waals surface area contributed by atoms with Gasteiger partial charge in [-0.2, -0.15) is 0 Å². The van der Waals surface area contributed by atoms with E-state index in [9.17, 15) is 4.79 Å². The van der Waals surface area contributed by atoms with Crippen LogP contribution in [0.15, 0.2) is 5.16 Å². The summed E-state index contributed by atoms with van der Waals surface area (Å²) in [5.74, 6) is -0.252. The van der Waals surface area contributed by atoms with E-state index in [2.05, 4.69) is 10.5 Å². The first-order chi connectivity index (χ1) is 6.97. The Balaban J connectivity index is 2.56. The molecule has 1 amide bonds. The number of amides is 1. The molecule has 0 aromatic rings. The Hall–Kier alpha value is -1.30. The highest BCUT2D eigenvalue weighted by Gasteiger charge is 2.31. The fourth-order valence-electron chi connectivity index (χ4n) is 1.36. The number of oxime groups is 1. The zero-order chi connectivity index (χ0) is 11.5. The molecule has 15 heavy (non-hydrogen) atoms. The van der Waals surface area contributed by atoms with E-state index in [-0.39, 0.29) is 11.7 Å². The molecule has 1 unspecified atom stereocenters. The van der Waals surface area contributed by atoms with Crippen molar-refractivity contribution in [2.24, 2.45) is 10.9 Å². The Labute approximate surface area is 88.5 Å². The molecule has 1 atom stereocenters.